The maximum Gasteiger partial charge on any atom is 0.263 e. The van der Waals surface area contributed by atoms with E-state index in [0.29, 0.717) is 25.3 Å². The van der Waals surface area contributed by atoms with Gasteiger partial charge in [-0.1, -0.05) is 0 Å². The lowest BCUT2D eigenvalue weighted by Gasteiger charge is -2.25. The molecule has 26 heavy (non-hydrogen) atoms. The van der Waals surface area contributed by atoms with Crippen LogP contribution >= 0.6 is 0 Å². The fourth-order valence-corrected chi connectivity index (χ4v) is 2.93. The highest BCUT2D eigenvalue weighted by Crippen LogP contribution is 2.31. The molecule has 7 heteroatoms. The molecule has 1 aliphatic rings. The molecule has 0 radical (unpaired) electrons. The largest absolute Gasteiger partial charge is 0.494 e. The van der Waals surface area contributed by atoms with Crippen molar-refractivity contribution in [2.24, 2.45) is 0 Å². The van der Waals surface area contributed by atoms with E-state index >= 15 is 0 Å². The Morgan fingerprint density at radius 3 is 2.92 bits per heavy atom. The van der Waals surface area contributed by atoms with E-state index in [0.717, 1.165) is 27.9 Å². The third-order valence-electron chi connectivity index (χ3n) is 4.32. The van der Waals surface area contributed by atoms with E-state index in [1.54, 1.807) is 26.2 Å². The standard InChI is InChI=1S/C19H20N4O3/c1-19(2)18(24)21-6-3-7-25-13-4-5-16-15(9-13)17(23-22-16)12-8-14(26-19)11-20-10-12/h4-5,8-11H,3,6-7H2,1-2H3,(H,21,24)(H,22,23). The van der Waals surface area contributed by atoms with Gasteiger partial charge >= 0.3 is 0 Å². The summed E-state index contributed by atoms with van der Waals surface area (Å²) < 4.78 is 11.7. The molecule has 0 saturated heterocycles. The zero-order valence-corrected chi connectivity index (χ0v) is 14.7. The summed E-state index contributed by atoms with van der Waals surface area (Å²) in [5.74, 6) is 1.10. The van der Waals surface area contributed by atoms with Crippen LogP contribution in [0.25, 0.3) is 22.2 Å². The van der Waals surface area contributed by atoms with Crippen LogP contribution in [0.1, 0.15) is 20.3 Å². The lowest BCUT2D eigenvalue weighted by atomic mass is 10.1. The summed E-state index contributed by atoms with van der Waals surface area (Å²) in [4.78, 5) is 16.7. The Morgan fingerprint density at radius 2 is 2.04 bits per heavy atom. The summed E-state index contributed by atoms with van der Waals surface area (Å²) in [6, 6.07) is 7.65. The highest BCUT2D eigenvalue weighted by molar-refractivity contribution is 5.93. The number of fused-ring (bicyclic) bond motifs is 4. The third-order valence-corrected chi connectivity index (χ3v) is 4.32. The van der Waals surface area contributed by atoms with Crippen LogP contribution in [-0.4, -0.2) is 39.8 Å². The number of H-pyrrole nitrogens is 1. The molecule has 2 N–H and O–H groups in total. The van der Waals surface area contributed by atoms with Crippen molar-refractivity contribution in [3.63, 3.8) is 0 Å². The highest BCUT2D eigenvalue weighted by Gasteiger charge is 2.30. The van der Waals surface area contributed by atoms with Crippen molar-refractivity contribution in [2.45, 2.75) is 25.9 Å². The number of aromatic amines is 1. The molecule has 1 aromatic carbocycles. The second-order valence-electron chi connectivity index (χ2n) is 6.76. The summed E-state index contributed by atoms with van der Waals surface area (Å²) >= 11 is 0. The van der Waals surface area contributed by atoms with Crippen molar-refractivity contribution in [3.05, 3.63) is 36.7 Å². The number of amides is 1. The number of ether oxygens (including phenoxy) is 2. The summed E-state index contributed by atoms with van der Waals surface area (Å²) in [5.41, 5.74) is 1.47. The molecule has 0 fully saturated rings. The second kappa shape index (κ2) is 6.33. The minimum absolute atomic E-state index is 0.180. The van der Waals surface area contributed by atoms with E-state index in [9.17, 15) is 4.79 Å². The maximum atomic E-state index is 12.4. The Hall–Kier alpha value is -3.09. The van der Waals surface area contributed by atoms with Gasteiger partial charge in [-0.3, -0.25) is 14.9 Å². The van der Waals surface area contributed by atoms with Crippen LogP contribution in [-0.2, 0) is 4.79 Å². The van der Waals surface area contributed by atoms with Gasteiger partial charge in [-0.05, 0) is 44.5 Å². The van der Waals surface area contributed by atoms with Gasteiger partial charge in [0.2, 0.25) is 0 Å². The van der Waals surface area contributed by atoms with E-state index in [1.165, 1.54) is 0 Å². The SMILES string of the molecule is CC1(C)Oc2cncc(c2)-c2n[nH]c3ccc(cc23)OCCCNC1=O. The average molecular weight is 352 g/mol. The van der Waals surface area contributed by atoms with Crippen LogP contribution < -0.4 is 14.8 Å². The lowest BCUT2D eigenvalue weighted by Crippen LogP contribution is -2.47. The zero-order valence-electron chi connectivity index (χ0n) is 14.7. The van der Waals surface area contributed by atoms with Crippen molar-refractivity contribution in [2.75, 3.05) is 13.2 Å². The average Bonchev–Trinajstić information content (AvgIpc) is 3.03. The first-order valence-electron chi connectivity index (χ1n) is 8.57. The molecule has 1 amide bonds. The quantitative estimate of drug-likeness (QED) is 0.649. The Balaban J connectivity index is 1.81. The smallest absolute Gasteiger partial charge is 0.263 e. The van der Waals surface area contributed by atoms with Gasteiger partial charge in [0.15, 0.2) is 5.60 Å². The number of pyridine rings is 1. The summed E-state index contributed by atoms with van der Waals surface area (Å²) in [6.45, 7) is 4.50. The monoisotopic (exact) mass is 352 g/mol. The molecule has 0 atom stereocenters. The molecule has 7 nitrogen and oxygen atoms in total. The maximum absolute atomic E-state index is 12.4. The van der Waals surface area contributed by atoms with Crippen LogP contribution in [0, 0.1) is 0 Å². The van der Waals surface area contributed by atoms with Gasteiger partial charge in [0.1, 0.15) is 17.2 Å². The van der Waals surface area contributed by atoms with Gasteiger partial charge in [0.25, 0.3) is 5.91 Å². The molecular weight excluding hydrogens is 332 g/mol. The number of hydrogen-bond donors (Lipinski definition) is 2. The van der Waals surface area contributed by atoms with Crippen LogP contribution in [0.2, 0.25) is 0 Å². The van der Waals surface area contributed by atoms with Gasteiger partial charge in [-0.15, -0.1) is 0 Å². The molecule has 1 aliphatic heterocycles. The van der Waals surface area contributed by atoms with Gasteiger partial charge < -0.3 is 14.8 Å². The Kier molecular flexibility index (Phi) is 3.99. The number of nitrogens with one attached hydrogen (secondary N) is 2. The summed E-state index contributed by atoms with van der Waals surface area (Å²) in [7, 11) is 0. The first-order valence-corrected chi connectivity index (χ1v) is 8.57. The van der Waals surface area contributed by atoms with Crippen LogP contribution in [0.15, 0.2) is 36.7 Å². The van der Waals surface area contributed by atoms with E-state index in [-0.39, 0.29) is 5.91 Å². The minimum atomic E-state index is -1.01. The minimum Gasteiger partial charge on any atom is -0.494 e. The molecule has 0 unspecified atom stereocenters. The van der Waals surface area contributed by atoms with E-state index in [2.05, 4.69) is 20.5 Å². The van der Waals surface area contributed by atoms with E-state index in [1.807, 2.05) is 24.3 Å². The number of nitrogens with zero attached hydrogens (tertiary/aromatic N) is 2. The van der Waals surface area contributed by atoms with Crippen LogP contribution in [0.4, 0.5) is 0 Å². The number of benzene rings is 1. The number of carbonyl (C=O) groups excluding carboxylic acids is 1. The molecule has 134 valence electrons. The molecular formula is C19H20N4O3. The predicted molar refractivity (Wildman–Crippen MR) is 97.2 cm³/mol. The lowest BCUT2D eigenvalue weighted by molar-refractivity contribution is -0.134. The van der Waals surface area contributed by atoms with Crippen molar-refractivity contribution in [3.8, 4) is 22.8 Å². The highest BCUT2D eigenvalue weighted by atomic mass is 16.5. The fourth-order valence-electron chi connectivity index (χ4n) is 2.93. The number of aromatic nitrogens is 3. The van der Waals surface area contributed by atoms with Gasteiger partial charge in [0.05, 0.1) is 18.3 Å². The Labute approximate surface area is 150 Å². The first kappa shape index (κ1) is 16.4. The van der Waals surface area contributed by atoms with Crippen molar-refractivity contribution < 1.29 is 14.3 Å². The molecule has 0 aliphatic carbocycles. The normalized spacial score (nSPS) is 16.9. The summed E-state index contributed by atoms with van der Waals surface area (Å²) in [5, 5.41) is 11.3. The fraction of sp³-hybridized carbons (Fsp3) is 0.316. The second-order valence-corrected chi connectivity index (χ2v) is 6.76. The number of hydrogen-bond acceptors (Lipinski definition) is 5. The van der Waals surface area contributed by atoms with E-state index in [4.69, 9.17) is 9.47 Å². The Bertz CT molecular complexity index is 964. The summed E-state index contributed by atoms with van der Waals surface area (Å²) in [6.07, 6.45) is 4.02. The van der Waals surface area contributed by atoms with Crippen molar-refractivity contribution in [1.29, 1.82) is 0 Å². The topological polar surface area (TPSA) is 89.1 Å². The zero-order chi connectivity index (χ0) is 18.1. The molecule has 4 rings (SSSR count). The third kappa shape index (κ3) is 3.08. The van der Waals surface area contributed by atoms with E-state index < -0.39 is 5.60 Å². The van der Waals surface area contributed by atoms with Crippen LogP contribution in [0.3, 0.4) is 0 Å². The molecule has 2 aromatic heterocycles. The van der Waals surface area contributed by atoms with Crippen molar-refractivity contribution >= 4 is 16.8 Å². The van der Waals surface area contributed by atoms with Crippen LogP contribution in [0.5, 0.6) is 11.5 Å². The van der Waals surface area contributed by atoms with Crippen molar-refractivity contribution in [1.82, 2.24) is 20.5 Å². The van der Waals surface area contributed by atoms with Gasteiger partial charge in [0, 0.05) is 23.7 Å². The number of carbonyl (C=O) groups is 1. The Morgan fingerprint density at radius 1 is 1.15 bits per heavy atom. The first-order chi connectivity index (χ1) is 12.5. The molecule has 3 aromatic rings. The number of rotatable bonds is 0. The molecule has 4 bridgehead atoms. The van der Waals surface area contributed by atoms with Gasteiger partial charge in [-0.2, -0.15) is 5.10 Å². The molecule has 3 heterocycles. The molecule has 0 spiro atoms. The molecule has 0 saturated carbocycles. The van der Waals surface area contributed by atoms with Gasteiger partial charge in [-0.25, -0.2) is 0 Å². The predicted octanol–water partition coefficient (Wildman–Crippen LogP) is 2.68.